The molecular formula is C19H22FN3O. The zero-order valence-corrected chi connectivity index (χ0v) is 14.1. The van der Waals surface area contributed by atoms with Gasteiger partial charge >= 0.3 is 0 Å². The average Bonchev–Trinajstić information content (AvgIpc) is 2.54. The maximum absolute atomic E-state index is 12.8. The molecule has 2 aromatic rings. The number of anilines is 1. The molecule has 0 aromatic heterocycles. The van der Waals surface area contributed by atoms with Crippen LogP contribution in [0.2, 0.25) is 0 Å². The molecule has 0 aliphatic rings. The van der Waals surface area contributed by atoms with Crippen molar-refractivity contribution in [3.05, 3.63) is 65.5 Å². The molecule has 0 saturated carbocycles. The van der Waals surface area contributed by atoms with Crippen LogP contribution in [0.5, 0.6) is 0 Å². The van der Waals surface area contributed by atoms with Crippen LogP contribution in [-0.2, 0) is 10.2 Å². The molecule has 2 aromatic carbocycles. The van der Waals surface area contributed by atoms with Gasteiger partial charge in [0.05, 0.1) is 12.8 Å². The highest BCUT2D eigenvalue weighted by Crippen LogP contribution is 2.21. The Morgan fingerprint density at radius 1 is 1.08 bits per heavy atom. The molecule has 126 valence electrons. The first-order valence-corrected chi connectivity index (χ1v) is 7.76. The van der Waals surface area contributed by atoms with E-state index in [0.717, 1.165) is 5.56 Å². The van der Waals surface area contributed by atoms with Gasteiger partial charge in [0.2, 0.25) is 0 Å². The fraction of sp³-hybridized carbons (Fsp3) is 0.263. The normalized spacial score (nSPS) is 11.5. The third-order valence-electron chi connectivity index (χ3n) is 3.48. The van der Waals surface area contributed by atoms with Crippen molar-refractivity contribution in [3.63, 3.8) is 0 Å². The SMILES string of the molecule is CC(C)(C)c1ccc(C=NNC(=O)CNc2ccc(F)cc2)cc1. The largest absolute Gasteiger partial charge is 0.376 e. The number of carbonyl (C=O) groups is 1. The lowest BCUT2D eigenvalue weighted by Crippen LogP contribution is -2.25. The quantitative estimate of drug-likeness (QED) is 0.650. The molecule has 0 heterocycles. The summed E-state index contributed by atoms with van der Waals surface area (Å²) in [5, 5.41) is 6.83. The Balaban J connectivity index is 1.80. The third kappa shape index (κ3) is 5.50. The van der Waals surface area contributed by atoms with E-state index in [9.17, 15) is 9.18 Å². The molecule has 0 saturated heterocycles. The van der Waals surface area contributed by atoms with E-state index in [-0.39, 0.29) is 23.7 Å². The van der Waals surface area contributed by atoms with Crippen molar-refractivity contribution < 1.29 is 9.18 Å². The molecule has 5 heteroatoms. The molecule has 0 aliphatic heterocycles. The number of nitrogens with one attached hydrogen (secondary N) is 2. The van der Waals surface area contributed by atoms with Gasteiger partial charge in [0.1, 0.15) is 5.82 Å². The topological polar surface area (TPSA) is 53.5 Å². The number of nitrogens with zero attached hydrogens (tertiary/aromatic N) is 1. The molecule has 0 fully saturated rings. The molecule has 0 radical (unpaired) electrons. The Kier molecular flexibility index (Phi) is 5.68. The summed E-state index contributed by atoms with van der Waals surface area (Å²) in [5.74, 6) is -0.589. The minimum atomic E-state index is -0.313. The van der Waals surface area contributed by atoms with Crippen LogP contribution in [0.3, 0.4) is 0 Å². The van der Waals surface area contributed by atoms with E-state index in [0.29, 0.717) is 5.69 Å². The summed E-state index contributed by atoms with van der Waals surface area (Å²) < 4.78 is 12.8. The van der Waals surface area contributed by atoms with Crippen molar-refractivity contribution >= 4 is 17.8 Å². The number of carbonyl (C=O) groups excluding carboxylic acids is 1. The Hall–Kier alpha value is -2.69. The molecule has 24 heavy (non-hydrogen) atoms. The lowest BCUT2D eigenvalue weighted by Gasteiger charge is -2.18. The fourth-order valence-electron chi connectivity index (χ4n) is 2.04. The highest BCUT2D eigenvalue weighted by Gasteiger charge is 2.12. The van der Waals surface area contributed by atoms with Crippen molar-refractivity contribution in [2.24, 2.45) is 5.10 Å². The molecule has 2 rings (SSSR count). The van der Waals surface area contributed by atoms with E-state index in [1.54, 1.807) is 18.3 Å². The van der Waals surface area contributed by atoms with Gasteiger partial charge in [-0.15, -0.1) is 0 Å². The molecule has 1 amide bonds. The lowest BCUT2D eigenvalue weighted by atomic mass is 9.87. The van der Waals surface area contributed by atoms with E-state index in [1.807, 2.05) is 12.1 Å². The minimum Gasteiger partial charge on any atom is -0.376 e. The molecule has 0 spiro atoms. The van der Waals surface area contributed by atoms with Gasteiger partial charge in [-0.3, -0.25) is 4.79 Å². The lowest BCUT2D eigenvalue weighted by molar-refractivity contribution is -0.119. The second-order valence-corrected chi connectivity index (χ2v) is 6.53. The molecule has 2 N–H and O–H groups in total. The fourth-order valence-corrected chi connectivity index (χ4v) is 2.04. The summed E-state index contributed by atoms with van der Waals surface area (Å²) in [4.78, 5) is 11.7. The van der Waals surface area contributed by atoms with Crippen LogP contribution < -0.4 is 10.7 Å². The summed E-state index contributed by atoms with van der Waals surface area (Å²) in [6.07, 6.45) is 1.60. The van der Waals surface area contributed by atoms with Gasteiger partial charge in [-0.2, -0.15) is 5.10 Å². The van der Waals surface area contributed by atoms with E-state index in [1.165, 1.54) is 17.7 Å². The average molecular weight is 327 g/mol. The van der Waals surface area contributed by atoms with Crippen LogP contribution in [-0.4, -0.2) is 18.7 Å². The Labute approximate surface area is 141 Å². The first kappa shape index (κ1) is 17.7. The number of halogens is 1. The van der Waals surface area contributed by atoms with E-state index >= 15 is 0 Å². The van der Waals surface area contributed by atoms with Crippen LogP contribution in [0.25, 0.3) is 0 Å². The second-order valence-electron chi connectivity index (χ2n) is 6.53. The summed E-state index contributed by atoms with van der Waals surface area (Å²) in [6, 6.07) is 13.9. The van der Waals surface area contributed by atoms with Gasteiger partial charge in [-0.1, -0.05) is 45.0 Å². The zero-order chi connectivity index (χ0) is 17.6. The van der Waals surface area contributed by atoms with Gasteiger partial charge in [0.15, 0.2) is 0 Å². The van der Waals surface area contributed by atoms with Crippen LogP contribution in [0, 0.1) is 5.82 Å². The predicted octanol–water partition coefficient (Wildman–Crippen LogP) is 3.69. The van der Waals surface area contributed by atoms with Crippen LogP contribution in [0.1, 0.15) is 31.9 Å². The van der Waals surface area contributed by atoms with Crippen LogP contribution in [0.15, 0.2) is 53.6 Å². The predicted molar refractivity (Wildman–Crippen MR) is 95.8 cm³/mol. The number of hydrogen-bond acceptors (Lipinski definition) is 3. The van der Waals surface area contributed by atoms with Crippen molar-refractivity contribution in [2.75, 3.05) is 11.9 Å². The molecular weight excluding hydrogens is 305 g/mol. The smallest absolute Gasteiger partial charge is 0.259 e. The Bertz CT molecular complexity index is 701. The first-order valence-electron chi connectivity index (χ1n) is 7.76. The molecule has 4 nitrogen and oxygen atoms in total. The first-order chi connectivity index (χ1) is 11.3. The number of hydrazone groups is 1. The summed E-state index contributed by atoms with van der Waals surface area (Å²) in [5.41, 5.74) is 5.39. The summed E-state index contributed by atoms with van der Waals surface area (Å²) in [6.45, 7) is 6.53. The minimum absolute atomic E-state index is 0.0614. The standard InChI is InChI=1S/C19H22FN3O/c1-19(2,3)15-6-4-14(5-7-15)12-22-23-18(24)13-21-17-10-8-16(20)9-11-17/h4-12,21H,13H2,1-3H3,(H,23,24). The molecule has 0 atom stereocenters. The third-order valence-corrected chi connectivity index (χ3v) is 3.48. The molecule has 0 bridgehead atoms. The Morgan fingerprint density at radius 2 is 1.71 bits per heavy atom. The number of benzene rings is 2. The Morgan fingerprint density at radius 3 is 2.29 bits per heavy atom. The number of amides is 1. The van der Waals surface area contributed by atoms with Crippen molar-refractivity contribution in [1.29, 1.82) is 0 Å². The van der Waals surface area contributed by atoms with Gasteiger partial charge in [-0.05, 0) is 40.8 Å². The van der Waals surface area contributed by atoms with E-state index in [4.69, 9.17) is 0 Å². The highest BCUT2D eigenvalue weighted by molar-refractivity contribution is 5.84. The maximum atomic E-state index is 12.8. The van der Waals surface area contributed by atoms with Gasteiger partial charge < -0.3 is 5.32 Å². The zero-order valence-electron chi connectivity index (χ0n) is 14.1. The second kappa shape index (κ2) is 7.73. The van der Waals surface area contributed by atoms with Gasteiger partial charge in [0, 0.05) is 5.69 Å². The van der Waals surface area contributed by atoms with E-state index in [2.05, 4.69) is 48.7 Å². The highest BCUT2D eigenvalue weighted by atomic mass is 19.1. The van der Waals surface area contributed by atoms with Crippen molar-refractivity contribution in [1.82, 2.24) is 5.43 Å². The van der Waals surface area contributed by atoms with Gasteiger partial charge in [-0.25, -0.2) is 9.82 Å². The van der Waals surface area contributed by atoms with Crippen molar-refractivity contribution in [3.8, 4) is 0 Å². The van der Waals surface area contributed by atoms with Crippen LogP contribution in [0.4, 0.5) is 10.1 Å². The molecule has 0 unspecified atom stereocenters. The maximum Gasteiger partial charge on any atom is 0.259 e. The van der Waals surface area contributed by atoms with Crippen LogP contribution >= 0.6 is 0 Å². The summed E-state index contributed by atoms with van der Waals surface area (Å²) in [7, 11) is 0. The number of rotatable bonds is 5. The molecule has 0 aliphatic carbocycles. The van der Waals surface area contributed by atoms with Crippen molar-refractivity contribution in [2.45, 2.75) is 26.2 Å². The monoisotopic (exact) mass is 327 g/mol. The van der Waals surface area contributed by atoms with Gasteiger partial charge in [0.25, 0.3) is 5.91 Å². The number of hydrogen-bond donors (Lipinski definition) is 2. The van der Waals surface area contributed by atoms with E-state index < -0.39 is 0 Å². The summed E-state index contributed by atoms with van der Waals surface area (Å²) >= 11 is 0.